The molecule has 8 nitrogen and oxygen atoms in total. The number of hydrogen-bond donors (Lipinski definition) is 3. The van der Waals surface area contributed by atoms with Gasteiger partial charge in [-0.05, 0) is 31.6 Å². The molecule has 0 aliphatic carbocycles. The molecule has 1 aliphatic heterocycles. The van der Waals surface area contributed by atoms with E-state index in [0.29, 0.717) is 24.7 Å². The fraction of sp³-hybridized carbons (Fsp3) is 0.526. The number of aromatic nitrogens is 1. The van der Waals surface area contributed by atoms with E-state index in [-0.39, 0.29) is 0 Å². The van der Waals surface area contributed by atoms with Gasteiger partial charge in [-0.15, -0.1) is 0 Å². The number of amides is 1. The summed E-state index contributed by atoms with van der Waals surface area (Å²) >= 11 is 0.809. The molecule has 0 bridgehead atoms. The fourth-order valence-corrected chi connectivity index (χ4v) is 3.67. The van der Waals surface area contributed by atoms with Crippen molar-refractivity contribution in [3.63, 3.8) is 0 Å². The van der Waals surface area contributed by atoms with Gasteiger partial charge in [0.15, 0.2) is 0 Å². The zero-order chi connectivity index (χ0) is 20.2. The van der Waals surface area contributed by atoms with Crippen LogP contribution in [0.4, 0.5) is 5.82 Å². The third kappa shape index (κ3) is 7.47. The molecule has 2 rings (SSSR count). The molecule has 28 heavy (non-hydrogen) atoms. The van der Waals surface area contributed by atoms with Gasteiger partial charge in [0.25, 0.3) is 0 Å². The first kappa shape index (κ1) is 22.8. The van der Waals surface area contributed by atoms with Crippen LogP contribution in [0.3, 0.4) is 0 Å². The van der Waals surface area contributed by atoms with E-state index in [1.807, 2.05) is 25.4 Å². The first-order chi connectivity index (χ1) is 13.7. The maximum atomic E-state index is 10.8. The summed E-state index contributed by atoms with van der Waals surface area (Å²) in [6, 6.07) is 3.81. The second-order valence-corrected chi connectivity index (χ2v) is 7.67. The summed E-state index contributed by atoms with van der Waals surface area (Å²) in [5.41, 5.74) is 9.18. The van der Waals surface area contributed by atoms with Gasteiger partial charge >= 0.3 is 124 Å². The van der Waals surface area contributed by atoms with Crippen LogP contribution in [0.15, 0.2) is 26.2 Å². The molecule has 0 aromatic carbocycles. The van der Waals surface area contributed by atoms with Crippen LogP contribution in [0.2, 0.25) is 0 Å². The maximum absolute atomic E-state index is 10.8. The van der Waals surface area contributed by atoms with Gasteiger partial charge in [-0.2, -0.15) is 0 Å². The summed E-state index contributed by atoms with van der Waals surface area (Å²) in [7, 11) is 1.90. The van der Waals surface area contributed by atoms with Crippen LogP contribution in [-0.4, -0.2) is 88.4 Å². The minimum Gasteiger partial charge on any atom is -0.313 e. The van der Waals surface area contributed by atoms with E-state index >= 15 is 0 Å². The second-order valence-electron chi connectivity index (χ2n) is 6.66. The van der Waals surface area contributed by atoms with Gasteiger partial charge in [-0.25, -0.2) is 0 Å². The van der Waals surface area contributed by atoms with Gasteiger partial charge in [0.2, 0.25) is 6.41 Å². The number of nitrogens with two attached hydrogens (primary N) is 1. The van der Waals surface area contributed by atoms with Crippen molar-refractivity contribution < 1.29 is 9.53 Å². The summed E-state index contributed by atoms with van der Waals surface area (Å²) in [5, 5.41) is 5.75. The SMILES string of the molecule is CNCCc1ccc(OCCCCN2CCC(N)=C(/C=[N]/[Pb])C2)nc1NC=O. The average Bonchev–Trinajstić information content (AvgIpc) is 2.70. The zero-order valence-electron chi connectivity index (χ0n) is 16.4. The monoisotopic (exact) mass is 581 g/mol. The van der Waals surface area contributed by atoms with E-state index in [0.717, 1.165) is 94.8 Å². The van der Waals surface area contributed by atoms with Crippen molar-refractivity contribution in [3.8, 4) is 5.88 Å². The summed E-state index contributed by atoms with van der Waals surface area (Å²) in [6.07, 6.45) is 6.27. The number of carbonyl (C=O) groups is 1. The minimum atomic E-state index is 0.539. The van der Waals surface area contributed by atoms with Crippen molar-refractivity contribution in [2.24, 2.45) is 8.54 Å². The molecule has 1 aromatic heterocycles. The predicted molar refractivity (Wildman–Crippen MR) is 113 cm³/mol. The Morgan fingerprint density at radius 3 is 3.04 bits per heavy atom. The van der Waals surface area contributed by atoms with Crippen LogP contribution in [0, 0.1) is 0 Å². The molecule has 0 saturated carbocycles. The molecule has 4 N–H and O–H groups in total. The molecular weight excluding hydrogens is 551 g/mol. The molecule has 1 aromatic rings. The van der Waals surface area contributed by atoms with E-state index in [4.69, 9.17) is 10.5 Å². The molecule has 9 heteroatoms. The second kappa shape index (κ2) is 12.8. The number of rotatable bonds is 12. The molecule has 1 aliphatic rings. The van der Waals surface area contributed by atoms with E-state index in [2.05, 4.69) is 23.3 Å². The van der Waals surface area contributed by atoms with E-state index in [1.54, 1.807) is 0 Å². The molecule has 1 amide bonds. The van der Waals surface area contributed by atoms with Gasteiger partial charge in [-0.3, -0.25) is 4.79 Å². The Balaban J connectivity index is 1.74. The third-order valence-corrected chi connectivity index (χ3v) is 5.14. The average molecular weight is 581 g/mol. The number of nitrogens with zero attached hydrogens (tertiary/aromatic N) is 3. The topological polar surface area (TPSA) is 105 Å². The molecular formula is C19H29N6O2Pb. The molecule has 0 spiro atoms. The van der Waals surface area contributed by atoms with Crippen molar-refractivity contribution >= 4 is 44.5 Å². The summed E-state index contributed by atoms with van der Waals surface area (Å²) in [6.45, 7) is 4.32. The first-order valence-electron chi connectivity index (χ1n) is 9.55. The number of hydrogen-bond acceptors (Lipinski definition) is 7. The number of likely N-dealkylation sites (N-methyl/N-ethyl adjacent to an activating group) is 1. The summed E-state index contributed by atoms with van der Waals surface area (Å²) in [5.74, 6) is 1.10. The van der Waals surface area contributed by atoms with Crippen LogP contribution in [-0.2, 0) is 11.2 Å². The molecule has 2 heterocycles. The third-order valence-electron chi connectivity index (χ3n) is 4.64. The zero-order valence-corrected chi connectivity index (χ0v) is 20.3. The summed E-state index contributed by atoms with van der Waals surface area (Å²) in [4.78, 5) is 17.6. The Labute approximate surface area is 183 Å². The van der Waals surface area contributed by atoms with Gasteiger partial charge in [0, 0.05) is 0 Å². The van der Waals surface area contributed by atoms with Crippen LogP contribution in [0.25, 0.3) is 0 Å². The molecule has 3 radical (unpaired) electrons. The van der Waals surface area contributed by atoms with Gasteiger partial charge < -0.3 is 10.6 Å². The Bertz CT molecular complexity index is 695. The van der Waals surface area contributed by atoms with Crippen LogP contribution < -0.4 is 21.1 Å². The predicted octanol–water partition coefficient (Wildman–Crippen LogP) is 0.644. The van der Waals surface area contributed by atoms with Gasteiger partial charge in [-0.1, -0.05) is 0 Å². The number of anilines is 1. The van der Waals surface area contributed by atoms with E-state index in [9.17, 15) is 4.79 Å². The Kier molecular flexibility index (Phi) is 10.4. The Morgan fingerprint density at radius 2 is 2.29 bits per heavy atom. The Hall–Kier alpha value is -1.53. The van der Waals surface area contributed by atoms with Crippen LogP contribution in [0.5, 0.6) is 5.88 Å². The number of pyridine rings is 1. The molecule has 0 unspecified atom stereocenters. The van der Waals surface area contributed by atoms with Crippen molar-refractivity contribution in [1.29, 1.82) is 0 Å². The number of ether oxygens (including phenoxy) is 1. The smallest absolute Gasteiger partial charge is 0.313 e. The molecule has 0 saturated heterocycles. The molecule has 0 fully saturated rings. The summed E-state index contributed by atoms with van der Waals surface area (Å²) < 4.78 is 9.99. The van der Waals surface area contributed by atoms with Crippen molar-refractivity contribution in [2.45, 2.75) is 25.7 Å². The van der Waals surface area contributed by atoms with E-state index < -0.39 is 0 Å². The quantitative estimate of drug-likeness (QED) is 0.145. The molecule has 0 atom stereocenters. The Morgan fingerprint density at radius 1 is 1.43 bits per heavy atom. The minimum absolute atomic E-state index is 0.539. The van der Waals surface area contributed by atoms with Gasteiger partial charge in [0.05, 0.1) is 0 Å². The van der Waals surface area contributed by atoms with Crippen LogP contribution in [0.1, 0.15) is 24.8 Å². The van der Waals surface area contributed by atoms with E-state index in [1.165, 1.54) is 0 Å². The fourth-order valence-electron chi connectivity index (χ4n) is 3.06. The van der Waals surface area contributed by atoms with Crippen molar-refractivity contribution in [2.75, 3.05) is 45.2 Å². The molecule has 151 valence electrons. The van der Waals surface area contributed by atoms with Gasteiger partial charge in [0.1, 0.15) is 5.82 Å². The first-order valence-corrected chi connectivity index (χ1v) is 11.3. The standard InChI is InChI=1S/C19H29N6O2.Pb/c1-22-8-6-15-4-5-18(24-19(15)23-14-26)27-11-3-2-9-25-10-7-17(21)16(12-20)13-25;/h4-5,12,14,22H,2-3,6-11,13,21H2,1H3,(H,23,24,26);/q-1;+1. The normalized spacial score (nSPS) is 15.2. The van der Waals surface area contributed by atoms with Crippen LogP contribution >= 0.6 is 0 Å². The number of nitrogens with one attached hydrogen (secondary N) is 2. The number of unbranched alkanes of at least 4 members (excludes halogenated alkanes) is 1. The van der Waals surface area contributed by atoms with Crippen molar-refractivity contribution in [1.82, 2.24) is 15.2 Å². The van der Waals surface area contributed by atoms with Crippen molar-refractivity contribution in [3.05, 3.63) is 29.0 Å². The number of carbonyl (C=O) groups excluding carboxylic acids is 1.